The monoisotopic (exact) mass is 152 g/mol. The van der Waals surface area contributed by atoms with Crippen LogP contribution in [-0.4, -0.2) is 0 Å². The second kappa shape index (κ2) is 2.80. The van der Waals surface area contributed by atoms with Crippen LogP contribution < -0.4 is 0 Å². The summed E-state index contributed by atoms with van der Waals surface area (Å²) in [6.45, 7) is 4.77. The zero-order chi connectivity index (χ0) is 7.84. The minimum atomic E-state index is 1.08. The van der Waals surface area contributed by atoms with Gasteiger partial charge in [-0.2, -0.15) is 0 Å². The Morgan fingerprint density at radius 3 is 2.45 bits per heavy atom. The van der Waals surface area contributed by atoms with Crippen molar-refractivity contribution < 1.29 is 0 Å². The van der Waals surface area contributed by atoms with Gasteiger partial charge in [0.15, 0.2) is 0 Å². The van der Waals surface area contributed by atoms with E-state index in [9.17, 15) is 0 Å². The van der Waals surface area contributed by atoms with Crippen molar-refractivity contribution in [3.8, 4) is 0 Å². The lowest BCUT2D eigenvalue weighted by Gasteiger charge is -1.94. The molecule has 0 aliphatic heterocycles. The molecule has 0 amide bonds. The molecule has 0 aromatic carbocycles. The van der Waals surface area contributed by atoms with Crippen LogP contribution in [0.15, 0.2) is 0 Å². The lowest BCUT2D eigenvalue weighted by molar-refractivity contribution is 0.567. The predicted octanol–water partition coefficient (Wildman–Crippen LogP) is 3.47. The smallest absolute Gasteiger partial charge is 0.0352 e. The molecule has 0 aromatic rings. The van der Waals surface area contributed by atoms with Gasteiger partial charge in [0.2, 0.25) is 0 Å². The van der Waals surface area contributed by atoms with Crippen LogP contribution in [0, 0.1) is 23.7 Å². The maximum atomic E-state index is 2.45. The topological polar surface area (TPSA) is 0 Å². The Balaban J connectivity index is 1.70. The Kier molecular flexibility index (Phi) is 1.95. The Morgan fingerprint density at radius 2 is 1.91 bits per heavy atom. The van der Waals surface area contributed by atoms with Gasteiger partial charge in [0, 0.05) is 0 Å². The first-order valence-electron chi connectivity index (χ1n) is 5.33. The van der Waals surface area contributed by atoms with Crippen LogP contribution in [0.5, 0.6) is 0 Å². The normalized spacial score (nSPS) is 42.5. The van der Waals surface area contributed by atoms with Gasteiger partial charge in [-0.05, 0) is 30.1 Å². The van der Waals surface area contributed by atoms with Gasteiger partial charge in [-0.15, -0.1) is 0 Å². The van der Waals surface area contributed by atoms with Gasteiger partial charge in [-0.1, -0.05) is 39.5 Å². The summed E-state index contributed by atoms with van der Waals surface area (Å²) in [7, 11) is 0. The molecule has 2 rings (SSSR count). The third-order valence-electron chi connectivity index (χ3n) is 3.68. The third kappa shape index (κ3) is 1.60. The lowest BCUT2D eigenvalue weighted by atomic mass is 10.1. The Hall–Kier alpha value is 0. The van der Waals surface area contributed by atoms with Crippen molar-refractivity contribution >= 4 is 0 Å². The number of hydrogen-bond donors (Lipinski definition) is 0. The second-order valence-electron chi connectivity index (χ2n) is 4.65. The molecule has 2 aliphatic rings. The van der Waals surface area contributed by atoms with Gasteiger partial charge >= 0.3 is 0 Å². The summed E-state index contributed by atoms with van der Waals surface area (Å²) in [5.74, 6) is 4.50. The molecule has 0 heterocycles. The van der Waals surface area contributed by atoms with Gasteiger partial charge in [0.1, 0.15) is 0 Å². The highest BCUT2D eigenvalue weighted by atomic mass is 14.5. The summed E-state index contributed by atoms with van der Waals surface area (Å²) < 4.78 is 0. The molecule has 2 fully saturated rings. The molecule has 0 saturated heterocycles. The fraction of sp³-hybridized carbons (Fsp3) is 1.00. The Morgan fingerprint density at radius 1 is 1.18 bits per heavy atom. The molecule has 2 saturated carbocycles. The molecule has 0 aromatic heterocycles. The first-order chi connectivity index (χ1) is 5.33. The van der Waals surface area contributed by atoms with E-state index in [1.807, 2.05) is 0 Å². The fourth-order valence-electron chi connectivity index (χ4n) is 2.57. The molecule has 3 atom stereocenters. The molecule has 0 N–H and O–H groups in total. The van der Waals surface area contributed by atoms with E-state index < -0.39 is 0 Å². The molecule has 0 heteroatoms. The SMILES string of the molecule is CCCC1C(C)C1CC1CC1. The first-order valence-corrected chi connectivity index (χ1v) is 5.33. The van der Waals surface area contributed by atoms with Crippen molar-refractivity contribution in [2.24, 2.45) is 23.7 Å². The largest absolute Gasteiger partial charge is 0.0654 e. The molecule has 64 valence electrons. The Labute approximate surface area is 70.4 Å². The highest BCUT2D eigenvalue weighted by molar-refractivity contribution is 4.96. The summed E-state index contributed by atoms with van der Waals surface area (Å²) >= 11 is 0. The summed E-state index contributed by atoms with van der Waals surface area (Å²) in [5, 5.41) is 0. The minimum absolute atomic E-state index is 1.08. The second-order valence-corrected chi connectivity index (χ2v) is 4.65. The van der Waals surface area contributed by atoms with E-state index in [1.54, 1.807) is 19.3 Å². The van der Waals surface area contributed by atoms with E-state index in [-0.39, 0.29) is 0 Å². The molecule has 11 heavy (non-hydrogen) atoms. The fourth-order valence-corrected chi connectivity index (χ4v) is 2.57. The van der Waals surface area contributed by atoms with Crippen LogP contribution in [0.25, 0.3) is 0 Å². The van der Waals surface area contributed by atoms with Gasteiger partial charge in [0.05, 0.1) is 0 Å². The van der Waals surface area contributed by atoms with Gasteiger partial charge in [-0.25, -0.2) is 0 Å². The summed E-state index contributed by atoms with van der Waals surface area (Å²) in [4.78, 5) is 0. The molecular formula is C11H20. The van der Waals surface area contributed by atoms with E-state index in [2.05, 4.69) is 13.8 Å². The molecule has 3 unspecified atom stereocenters. The quantitative estimate of drug-likeness (QED) is 0.578. The zero-order valence-electron chi connectivity index (χ0n) is 7.84. The molecule has 2 aliphatic carbocycles. The zero-order valence-corrected chi connectivity index (χ0v) is 7.84. The van der Waals surface area contributed by atoms with E-state index in [1.165, 1.54) is 12.8 Å². The third-order valence-corrected chi connectivity index (χ3v) is 3.68. The van der Waals surface area contributed by atoms with E-state index >= 15 is 0 Å². The highest BCUT2D eigenvalue weighted by Gasteiger charge is 2.47. The molecule has 0 radical (unpaired) electrons. The van der Waals surface area contributed by atoms with Crippen LogP contribution >= 0.6 is 0 Å². The number of rotatable bonds is 4. The molecule has 0 spiro atoms. The van der Waals surface area contributed by atoms with Crippen LogP contribution in [-0.2, 0) is 0 Å². The standard InChI is InChI=1S/C11H20/c1-3-4-10-8(2)11(10)7-9-5-6-9/h8-11H,3-7H2,1-2H3. The van der Waals surface area contributed by atoms with Crippen molar-refractivity contribution in [2.75, 3.05) is 0 Å². The van der Waals surface area contributed by atoms with Crippen molar-refractivity contribution in [3.05, 3.63) is 0 Å². The van der Waals surface area contributed by atoms with Crippen molar-refractivity contribution in [3.63, 3.8) is 0 Å². The minimum Gasteiger partial charge on any atom is -0.0654 e. The highest BCUT2D eigenvalue weighted by Crippen LogP contribution is 2.55. The number of hydrogen-bond acceptors (Lipinski definition) is 0. The van der Waals surface area contributed by atoms with Gasteiger partial charge < -0.3 is 0 Å². The van der Waals surface area contributed by atoms with Crippen LogP contribution in [0.1, 0.15) is 46.0 Å². The lowest BCUT2D eigenvalue weighted by Crippen LogP contribution is -1.84. The molecule has 0 nitrogen and oxygen atoms in total. The van der Waals surface area contributed by atoms with Crippen LogP contribution in [0.2, 0.25) is 0 Å². The van der Waals surface area contributed by atoms with E-state index in [0.29, 0.717) is 0 Å². The summed E-state index contributed by atoms with van der Waals surface area (Å²) in [5.41, 5.74) is 0. The first kappa shape index (κ1) is 7.64. The average molecular weight is 152 g/mol. The van der Waals surface area contributed by atoms with Crippen molar-refractivity contribution in [2.45, 2.75) is 46.0 Å². The summed E-state index contributed by atoms with van der Waals surface area (Å²) in [6.07, 6.45) is 7.56. The molecule has 0 bridgehead atoms. The summed E-state index contributed by atoms with van der Waals surface area (Å²) in [6, 6.07) is 0. The van der Waals surface area contributed by atoms with Gasteiger partial charge in [-0.3, -0.25) is 0 Å². The average Bonchev–Trinajstić information content (AvgIpc) is 2.86. The van der Waals surface area contributed by atoms with Crippen molar-refractivity contribution in [1.29, 1.82) is 0 Å². The maximum Gasteiger partial charge on any atom is -0.0352 e. The predicted molar refractivity (Wildman–Crippen MR) is 48.4 cm³/mol. The van der Waals surface area contributed by atoms with E-state index in [0.717, 1.165) is 23.7 Å². The Bertz CT molecular complexity index is 135. The maximum absolute atomic E-state index is 2.45. The van der Waals surface area contributed by atoms with Crippen molar-refractivity contribution in [1.82, 2.24) is 0 Å². The van der Waals surface area contributed by atoms with Crippen LogP contribution in [0.3, 0.4) is 0 Å². The van der Waals surface area contributed by atoms with E-state index in [4.69, 9.17) is 0 Å². The molecular weight excluding hydrogens is 132 g/mol. The van der Waals surface area contributed by atoms with Crippen LogP contribution in [0.4, 0.5) is 0 Å². The van der Waals surface area contributed by atoms with Gasteiger partial charge in [0.25, 0.3) is 0 Å².